The molecule has 230 valence electrons. The van der Waals surface area contributed by atoms with Crippen LogP contribution >= 0.6 is 0 Å². The molecule has 1 fully saturated rings. The second kappa shape index (κ2) is 14.2. The van der Waals surface area contributed by atoms with Crippen molar-refractivity contribution in [3.8, 4) is 11.1 Å². The molecule has 2 aliphatic rings. The zero-order valence-corrected chi connectivity index (χ0v) is 24.8. The second-order valence-electron chi connectivity index (χ2n) is 11.9. The van der Waals surface area contributed by atoms with Gasteiger partial charge in [-0.25, -0.2) is 15.0 Å². The minimum Gasteiger partial charge on any atom is -0.481 e. The highest BCUT2D eigenvalue weighted by atomic mass is 16.6. The summed E-state index contributed by atoms with van der Waals surface area (Å²) >= 11 is 0. The molecule has 5 N–H and O–H groups in total. The van der Waals surface area contributed by atoms with Crippen molar-refractivity contribution in [3.63, 3.8) is 0 Å². The summed E-state index contributed by atoms with van der Waals surface area (Å²) in [4.78, 5) is 48.8. The number of amides is 3. The maximum absolute atomic E-state index is 12.9. The Morgan fingerprint density at radius 2 is 1.58 bits per heavy atom. The number of hydrazine groups is 1. The highest BCUT2D eigenvalue weighted by Crippen LogP contribution is 2.44. The van der Waals surface area contributed by atoms with Gasteiger partial charge in [-0.1, -0.05) is 54.1 Å². The zero-order valence-electron chi connectivity index (χ0n) is 24.8. The fourth-order valence-corrected chi connectivity index (χ4v) is 5.40. The highest BCUT2D eigenvalue weighted by molar-refractivity contribution is 5.79. The van der Waals surface area contributed by atoms with Crippen molar-refractivity contribution in [1.29, 1.82) is 0 Å². The van der Waals surface area contributed by atoms with E-state index in [1.807, 2.05) is 36.4 Å². The molecule has 11 nitrogen and oxygen atoms in total. The molecule has 11 heteroatoms. The fraction of sp³-hybridized carbons (Fsp3) is 0.438. The van der Waals surface area contributed by atoms with Crippen LogP contribution in [0.5, 0.6) is 0 Å². The molecule has 2 aromatic carbocycles. The van der Waals surface area contributed by atoms with Crippen LogP contribution in [0.1, 0.15) is 69.9 Å². The normalized spacial score (nSPS) is 16.7. The standard InChI is InChI=1S/C32H40N4O7/c1-32(2,3)43-28(37)16-22(18-34-36-30(40)33-17-20-12-14-21(15-13-20)29(38)39)35-31(41)42-19-27-25-10-6-4-8-23(25)24-9-5-7-11-26(24)27/h4-11,17,21-22,27,34H,12-16,18-19H2,1-3H3,(H,35,41)(H,38,39)(H2,33,36,40)/t21?,22-/m0/s1. The lowest BCUT2D eigenvalue weighted by molar-refractivity contribution is -0.155. The number of benzene rings is 2. The predicted octanol–water partition coefficient (Wildman–Crippen LogP) is 4.59. The van der Waals surface area contributed by atoms with Crippen LogP contribution in [0.15, 0.2) is 60.3 Å². The molecule has 0 bridgehead atoms. The molecular formula is C32H40N4O7. The van der Waals surface area contributed by atoms with Gasteiger partial charge in [0.25, 0.3) is 0 Å². The van der Waals surface area contributed by atoms with Crippen molar-refractivity contribution in [1.82, 2.24) is 21.5 Å². The van der Waals surface area contributed by atoms with Crippen molar-refractivity contribution >= 4 is 24.1 Å². The van der Waals surface area contributed by atoms with Gasteiger partial charge < -0.3 is 25.2 Å². The number of alkyl carbamates (subject to hydrolysis) is 1. The van der Waals surface area contributed by atoms with E-state index in [1.54, 1.807) is 27.0 Å². The summed E-state index contributed by atoms with van der Waals surface area (Å²) in [6.07, 6.45) is 3.03. The lowest BCUT2D eigenvalue weighted by atomic mass is 9.86. The van der Waals surface area contributed by atoms with Crippen LogP contribution in [0.3, 0.4) is 0 Å². The molecule has 4 rings (SSSR count). The molecule has 1 saturated carbocycles. The monoisotopic (exact) mass is 592 g/mol. The van der Waals surface area contributed by atoms with Gasteiger partial charge in [-0.05, 0) is 68.7 Å². The number of carbonyl (C=O) groups excluding carboxylic acids is 3. The highest BCUT2D eigenvalue weighted by Gasteiger charge is 2.30. The van der Waals surface area contributed by atoms with Crippen LogP contribution in [-0.4, -0.2) is 54.0 Å². The number of fused-ring (bicyclic) bond motifs is 3. The summed E-state index contributed by atoms with van der Waals surface area (Å²) in [5, 5.41) is 14.5. The van der Waals surface area contributed by atoms with Crippen LogP contribution in [0.4, 0.5) is 9.59 Å². The summed E-state index contributed by atoms with van der Waals surface area (Å²) in [5.74, 6) is -1.76. The first kappa shape index (κ1) is 31.6. The molecule has 43 heavy (non-hydrogen) atoms. The Morgan fingerprint density at radius 3 is 2.16 bits per heavy atom. The minimum absolute atomic E-state index is 0.0215. The summed E-state index contributed by atoms with van der Waals surface area (Å²) < 4.78 is 11.1. The van der Waals surface area contributed by atoms with E-state index in [9.17, 15) is 19.2 Å². The van der Waals surface area contributed by atoms with Gasteiger partial charge in [-0.2, -0.15) is 0 Å². The summed E-state index contributed by atoms with van der Waals surface area (Å²) in [7, 11) is 0. The maximum Gasteiger partial charge on any atom is 0.407 e. The quantitative estimate of drug-likeness (QED) is 0.198. The maximum atomic E-state index is 12.9. The van der Waals surface area contributed by atoms with Crippen molar-refractivity contribution in [2.45, 2.75) is 70.4 Å². The van der Waals surface area contributed by atoms with E-state index in [0.717, 1.165) is 27.8 Å². The van der Waals surface area contributed by atoms with E-state index in [0.29, 0.717) is 25.7 Å². The third kappa shape index (κ3) is 9.05. The molecule has 2 aliphatic carbocycles. The molecule has 0 spiro atoms. The van der Waals surface area contributed by atoms with Crippen LogP contribution < -0.4 is 21.5 Å². The number of rotatable bonds is 10. The summed E-state index contributed by atoms with van der Waals surface area (Å²) in [6, 6.07) is 14.8. The van der Waals surface area contributed by atoms with Crippen molar-refractivity contribution in [3.05, 3.63) is 71.4 Å². The first-order valence-electron chi connectivity index (χ1n) is 14.5. The van der Waals surface area contributed by atoms with Gasteiger partial charge in [0.1, 0.15) is 12.2 Å². The van der Waals surface area contributed by atoms with E-state index < -0.39 is 35.7 Å². The number of esters is 1. The molecule has 0 saturated heterocycles. The van der Waals surface area contributed by atoms with Crippen LogP contribution in [-0.2, 0) is 19.1 Å². The van der Waals surface area contributed by atoms with E-state index in [-0.39, 0.29) is 31.4 Å². The first-order chi connectivity index (χ1) is 20.5. The van der Waals surface area contributed by atoms with Gasteiger partial charge >= 0.3 is 24.1 Å². The Morgan fingerprint density at radius 1 is 0.977 bits per heavy atom. The molecule has 2 aromatic rings. The zero-order chi connectivity index (χ0) is 31.0. The van der Waals surface area contributed by atoms with Gasteiger partial charge in [0.2, 0.25) is 0 Å². The molecule has 1 atom stereocenters. The number of aliphatic carboxylic acids is 1. The lowest BCUT2D eigenvalue weighted by Crippen LogP contribution is -2.50. The number of carboxylic acid groups (broad SMARTS) is 1. The van der Waals surface area contributed by atoms with Crippen molar-refractivity contribution < 1.29 is 33.8 Å². The summed E-state index contributed by atoms with van der Waals surface area (Å²) in [5.41, 5.74) is 9.91. The Balaban J connectivity index is 1.29. The van der Waals surface area contributed by atoms with Crippen LogP contribution in [0.2, 0.25) is 0 Å². The number of allylic oxidation sites excluding steroid dienone is 1. The van der Waals surface area contributed by atoms with Gasteiger partial charge in [-0.3, -0.25) is 15.0 Å². The van der Waals surface area contributed by atoms with Gasteiger partial charge in [-0.15, -0.1) is 0 Å². The first-order valence-corrected chi connectivity index (χ1v) is 14.5. The topological polar surface area (TPSA) is 155 Å². The van der Waals surface area contributed by atoms with Crippen molar-refractivity contribution in [2.24, 2.45) is 5.92 Å². The predicted molar refractivity (Wildman–Crippen MR) is 160 cm³/mol. The molecule has 0 aliphatic heterocycles. The summed E-state index contributed by atoms with van der Waals surface area (Å²) in [6.45, 7) is 5.41. The van der Waals surface area contributed by atoms with Gasteiger partial charge in [0.05, 0.1) is 18.4 Å². The van der Waals surface area contributed by atoms with E-state index >= 15 is 0 Å². The Hall–Kier alpha value is -4.38. The van der Waals surface area contributed by atoms with E-state index in [1.165, 1.54) is 0 Å². The molecule has 0 unspecified atom stereocenters. The third-order valence-electron chi connectivity index (χ3n) is 7.43. The Labute approximate surface area is 251 Å². The number of urea groups is 1. The van der Waals surface area contributed by atoms with Gasteiger partial charge in [0.15, 0.2) is 0 Å². The lowest BCUT2D eigenvalue weighted by Gasteiger charge is -2.23. The van der Waals surface area contributed by atoms with E-state index in [4.69, 9.17) is 14.6 Å². The van der Waals surface area contributed by atoms with Gasteiger partial charge in [0, 0.05) is 18.7 Å². The average molecular weight is 593 g/mol. The molecular weight excluding hydrogens is 552 g/mol. The SMILES string of the molecule is CC(C)(C)OC(=O)C[C@@H](CNNC(=O)NC=C1CCC(C(=O)O)CC1)NC(=O)OCC1c2ccccc2-c2ccccc21. The molecule has 0 radical (unpaired) electrons. The smallest absolute Gasteiger partial charge is 0.407 e. The molecule has 3 amide bonds. The fourth-order valence-electron chi connectivity index (χ4n) is 5.40. The van der Waals surface area contributed by atoms with Crippen LogP contribution in [0.25, 0.3) is 11.1 Å². The third-order valence-corrected chi connectivity index (χ3v) is 7.43. The van der Waals surface area contributed by atoms with Crippen molar-refractivity contribution in [2.75, 3.05) is 13.2 Å². The number of carbonyl (C=O) groups is 4. The Bertz CT molecular complexity index is 1310. The molecule has 0 aromatic heterocycles. The minimum atomic E-state index is -0.790. The molecule has 0 heterocycles. The number of hydrogen-bond donors (Lipinski definition) is 5. The second-order valence-corrected chi connectivity index (χ2v) is 11.9. The number of hydrogen-bond acceptors (Lipinski definition) is 7. The van der Waals surface area contributed by atoms with Crippen LogP contribution in [0, 0.1) is 5.92 Å². The average Bonchev–Trinajstić information content (AvgIpc) is 3.27. The number of ether oxygens (including phenoxy) is 2. The number of nitrogens with one attached hydrogen (secondary N) is 4. The van der Waals surface area contributed by atoms with E-state index in [2.05, 4.69) is 33.6 Å². The Kier molecular flexibility index (Phi) is 10.4. The number of carboxylic acids is 1. The largest absolute Gasteiger partial charge is 0.481 e.